The zero-order valence-corrected chi connectivity index (χ0v) is 24.7. The number of nitrogens with zero attached hydrogens (tertiary/aromatic N) is 2. The molecule has 0 radical (unpaired) electrons. The fourth-order valence-electron chi connectivity index (χ4n) is 5.12. The van der Waals surface area contributed by atoms with Gasteiger partial charge in [-0.2, -0.15) is 0 Å². The first-order valence-corrected chi connectivity index (χ1v) is 14.7. The third-order valence-electron chi connectivity index (χ3n) is 6.62. The number of hydrogen-bond acceptors (Lipinski definition) is 2. The molecule has 0 amide bonds. The number of aryl methyl sites for hydroxylation is 1. The molecule has 0 aliphatic heterocycles. The first-order valence-electron chi connectivity index (χ1n) is 14.7. The molecule has 0 fully saturated rings. The van der Waals surface area contributed by atoms with Crippen LogP contribution in [0.15, 0.2) is 18.7 Å². The molecule has 1 rings (SSSR count). The number of carbonyl (C=O) groups excluding carboxylic acids is 1. The topological polar surface area (TPSA) is 48.9 Å². The van der Waals surface area contributed by atoms with Gasteiger partial charge in [-0.3, -0.25) is 0 Å². The summed E-state index contributed by atoms with van der Waals surface area (Å²) in [5.74, 6) is -1.08. The molecule has 0 aromatic carbocycles. The minimum Gasteiger partial charge on any atom is -0.550 e. The average Bonchev–Trinajstić information content (AvgIpc) is 3.21. The van der Waals surface area contributed by atoms with Gasteiger partial charge in [0.2, 0.25) is 6.33 Å². The van der Waals surface area contributed by atoms with Crippen LogP contribution in [0.5, 0.6) is 0 Å². The van der Waals surface area contributed by atoms with E-state index in [1.165, 1.54) is 109 Å². The molecule has 0 saturated heterocycles. The molecular formula is C31H60N2O2. The van der Waals surface area contributed by atoms with Gasteiger partial charge in [0, 0.05) is 5.97 Å². The van der Waals surface area contributed by atoms with Crippen LogP contribution in [0.3, 0.4) is 0 Å². The monoisotopic (exact) mass is 492 g/mol. The van der Waals surface area contributed by atoms with Crippen LogP contribution < -0.4 is 9.67 Å². The number of unbranched alkanes of at least 4 members (excludes halogenated alkanes) is 15. The maximum Gasteiger partial charge on any atom is 0.244 e. The zero-order chi connectivity index (χ0) is 26.6. The van der Waals surface area contributed by atoms with Crippen molar-refractivity contribution in [2.75, 3.05) is 0 Å². The molecule has 0 unspecified atom stereocenters. The fraction of sp³-hybridized carbons (Fsp3) is 0.871. The molecule has 35 heavy (non-hydrogen) atoms. The van der Waals surface area contributed by atoms with Crippen LogP contribution in [0, 0.1) is 5.41 Å². The molecule has 0 N–H and O–H groups in total. The maximum atomic E-state index is 8.89. The normalized spacial score (nSPS) is 11.9. The molecule has 1 aromatic rings. The van der Waals surface area contributed by atoms with Gasteiger partial charge in [0.15, 0.2) is 0 Å². The quantitative estimate of drug-likeness (QED) is 0.145. The van der Waals surface area contributed by atoms with Gasteiger partial charge >= 0.3 is 0 Å². The largest absolute Gasteiger partial charge is 0.550 e. The molecule has 0 bridgehead atoms. The smallest absolute Gasteiger partial charge is 0.244 e. The van der Waals surface area contributed by atoms with Crippen molar-refractivity contribution in [3.05, 3.63) is 18.7 Å². The summed E-state index contributed by atoms with van der Waals surface area (Å²) in [5, 5.41) is 8.89. The van der Waals surface area contributed by atoms with Crippen molar-refractivity contribution >= 4 is 5.97 Å². The van der Waals surface area contributed by atoms with E-state index in [1.807, 2.05) is 0 Å². The van der Waals surface area contributed by atoms with E-state index in [1.54, 1.807) is 0 Å². The van der Waals surface area contributed by atoms with Crippen LogP contribution in [0.2, 0.25) is 0 Å². The Morgan fingerprint density at radius 1 is 0.743 bits per heavy atom. The van der Waals surface area contributed by atoms with E-state index in [0.717, 1.165) is 13.5 Å². The number of imidazole rings is 1. The van der Waals surface area contributed by atoms with Crippen LogP contribution in [0.1, 0.15) is 158 Å². The van der Waals surface area contributed by atoms with E-state index < -0.39 is 5.97 Å². The van der Waals surface area contributed by atoms with Gasteiger partial charge in [-0.05, 0) is 45.4 Å². The van der Waals surface area contributed by atoms with Crippen molar-refractivity contribution in [2.24, 2.45) is 5.41 Å². The van der Waals surface area contributed by atoms with E-state index in [9.17, 15) is 0 Å². The van der Waals surface area contributed by atoms with Crippen LogP contribution in [-0.2, 0) is 16.9 Å². The van der Waals surface area contributed by atoms with E-state index >= 15 is 0 Å². The highest BCUT2D eigenvalue weighted by molar-refractivity contribution is 5.60. The summed E-state index contributed by atoms with van der Waals surface area (Å²) >= 11 is 0. The van der Waals surface area contributed by atoms with Gasteiger partial charge in [-0.1, -0.05) is 118 Å². The number of carbonyl (C=O) groups is 1. The number of carboxylic acid groups (broad SMARTS) is 1. The Morgan fingerprint density at radius 3 is 1.49 bits per heavy atom. The van der Waals surface area contributed by atoms with Crippen molar-refractivity contribution in [2.45, 2.75) is 170 Å². The highest BCUT2D eigenvalue weighted by Crippen LogP contribution is 2.31. The Balaban J connectivity index is 0.00000267. The van der Waals surface area contributed by atoms with Gasteiger partial charge in [-0.15, -0.1) is 0 Å². The van der Waals surface area contributed by atoms with Gasteiger partial charge in [0.05, 0.1) is 6.54 Å². The molecular weight excluding hydrogens is 432 g/mol. The summed E-state index contributed by atoms with van der Waals surface area (Å²) in [6.45, 7) is 16.2. The predicted octanol–water partition coefficient (Wildman–Crippen LogP) is 7.96. The first kappa shape index (κ1) is 33.7. The lowest BCUT2D eigenvalue weighted by molar-refractivity contribution is -0.697. The highest BCUT2D eigenvalue weighted by Gasteiger charge is 2.31. The van der Waals surface area contributed by atoms with Gasteiger partial charge in [-0.25, -0.2) is 9.13 Å². The highest BCUT2D eigenvalue weighted by atomic mass is 16.4. The molecule has 0 spiro atoms. The van der Waals surface area contributed by atoms with Crippen LogP contribution >= 0.6 is 0 Å². The second-order valence-corrected chi connectivity index (χ2v) is 12.4. The van der Waals surface area contributed by atoms with Crippen molar-refractivity contribution in [1.82, 2.24) is 4.57 Å². The maximum absolute atomic E-state index is 8.89. The molecule has 0 atom stereocenters. The summed E-state index contributed by atoms with van der Waals surface area (Å²) in [7, 11) is 0. The summed E-state index contributed by atoms with van der Waals surface area (Å²) in [5.41, 5.74) is 0.532. The van der Waals surface area contributed by atoms with Crippen LogP contribution in [-0.4, -0.2) is 10.5 Å². The van der Waals surface area contributed by atoms with Crippen molar-refractivity contribution in [3.8, 4) is 0 Å². The molecule has 0 aliphatic rings. The van der Waals surface area contributed by atoms with Crippen molar-refractivity contribution in [3.63, 3.8) is 0 Å². The Bertz CT molecular complexity index is 624. The second kappa shape index (κ2) is 19.8. The molecule has 0 aliphatic carbocycles. The van der Waals surface area contributed by atoms with Crippen molar-refractivity contribution < 1.29 is 14.5 Å². The molecule has 0 saturated carbocycles. The lowest BCUT2D eigenvalue weighted by Crippen LogP contribution is -2.35. The SMILES string of the molecule is CC(=O)[O-].CCCCCCCCCCCCCCCCCC[n+]1ccn(C(C)(C)CC(C)(C)C)c1. The standard InChI is InChI=1S/C29H57N2.C2H4O2/c1-7-8-9-10-11-12-13-14-15-16-17-18-19-20-21-22-23-30-24-25-31(27-30)29(5,6)26-28(2,3)4;1-2(3)4/h24-25,27H,7-23,26H2,1-6H3;1H3,(H,3,4)/q+1;/p-1. The molecule has 4 nitrogen and oxygen atoms in total. The number of carboxylic acids is 1. The minimum absolute atomic E-state index is 0.179. The number of aliphatic carboxylic acids is 1. The number of hydrogen-bond donors (Lipinski definition) is 0. The molecule has 1 aromatic heterocycles. The van der Waals surface area contributed by atoms with Gasteiger partial charge in [0.25, 0.3) is 0 Å². The van der Waals surface area contributed by atoms with Gasteiger partial charge < -0.3 is 9.90 Å². The Kier molecular flexibility index (Phi) is 19.1. The summed E-state index contributed by atoms with van der Waals surface area (Å²) in [6, 6.07) is 0. The Hall–Kier alpha value is -1.32. The Labute approximate surface area is 218 Å². The van der Waals surface area contributed by atoms with E-state index in [2.05, 4.69) is 69.4 Å². The lowest BCUT2D eigenvalue weighted by Gasteiger charge is -2.29. The van der Waals surface area contributed by atoms with E-state index in [4.69, 9.17) is 9.90 Å². The number of rotatable bonds is 19. The summed E-state index contributed by atoms with van der Waals surface area (Å²) in [4.78, 5) is 8.89. The molecule has 1 heterocycles. The van der Waals surface area contributed by atoms with Crippen LogP contribution in [0.25, 0.3) is 0 Å². The molecule has 4 heteroatoms. The predicted molar refractivity (Wildman–Crippen MR) is 148 cm³/mol. The van der Waals surface area contributed by atoms with Crippen LogP contribution in [0.4, 0.5) is 0 Å². The lowest BCUT2D eigenvalue weighted by atomic mass is 9.82. The summed E-state index contributed by atoms with van der Waals surface area (Å²) < 4.78 is 4.79. The van der Waals surface area contributed by atoms with Gasteiger partial charge in [0.1, 0.15) is 17.9 Å². The number of aromatic nitrogens is 2. The fourth-order valence-corrected chi connectivity index (χ4v) is 5.12. The first-order chi connectivity index (χ1) is 16.5. The third-order valence-corrected chi connectivity index (χ3v) is 6.62. The van der Waals surface area contributed by atoms with E-state index in [0.29, 0.717) is 5.41 Å². The zero-order valence-electron chi connectivity index (χ0n) is 24.7. The summed E-state index contributed by atoms with van der Waals surface area (Å²) in [6.07, 6.45) is 31.0. The second-order valence-electron chi connectivity index (χ2n) is 12.4. The third kappa shape index (κ3) is 21.7. The molecule has 206 valence electrons. The Morgan fingerprint density at radius 2 is 1.11 bits per heavy atom. The minimum atomic E-state index is -1.08. The van der Waals surface area contributed by atoms with Crippen molar-refractivity contribution in [1.29, 1.82) is 0 Å². The van der Waals surface area contributed by atoms with E-state index in [-0.39, 0.29) is 5.54 Å². The average molecular weight is 493 g/mol.